The molecule has 2 heterocycles. The van der Waals surface area contributed by atoms with E-state index in [-0.39, 0.29) is 4.90 Å². The molecule has 0 N–H and O–H groups in total. The Kier molecular flexibility index (Phi) is 3.46. The monoisotopic (exact) mass is 319 g/mol. The summed E-state index contributed by atoms with van der Waals surface area (Å²) in [6.45, 7) is 1.66. The van der Waals surface area contributed by atoms with Crippen LogP contribution in [0, 0.1) is 0 Å². The van der Waals surface area contributed by atoms with Crippen molar-refractivity contribution >= 4 is 39.1 Å². The standard InChI is InChI=1S/C14H13N3O2S2/c1-10-16-21(18,19)13-4-3-9-15-14(13)17(10)11-5-7-12(20-2)8-6-11/h3-9H,1-2H3. The zero-order valence-electron chi connectivity index (χ0n) is 11.5. The van der Waals surface area contributed by atoms with Crippen molar-refractivity contribution < 1.29 is 8.42 Å². The van der Waals surface area contributed by atoms with Crippen LogP contribution in [-0.4, -0.2) is 25.5 Å². The Labute approximate surface area is 127 Å². The molecule has 0 fully saturated rings. The zero-order valence-corrected chi connectivity index (χ0v) is 13.1. The molecule has 7 heteroatoms. The van der Waals surface area contributed by atoms with Crippen molar-refractivity contribution in [2.24, 2.45) is 4.40 Å². The second-order valence-electron chi connectivity index (χ2n) is 4.47. The molecule has 5 nitrogen and oxygen atoms in total. The van der Waals surface area contributed by atoms with E-state index in [1.165, 1.54) is 6.07 Å². The lowest BCUT2D eigenvalue weighted by Gasteiger charge is -2.28. The molecule has 0 atom stereocenters. The van der Waals surface area contributed by atoms with E-state index in [0.717, 1.165) is 10.6 Å². The Hall–Kier alpha value is -1.86. The largest absolute Gasteiger partial charge is 0.287 e. The second kappa shape index (κ2) is 5.16. The van der Waals surface area contributed by atoms with Gasteiger partial charge < -0.3 is 0 Å². The van der Waals surface area contributed by atoms with E-state index in [0.29, 0.717) is 11.7 Å². The topological polar surface area (TPSA) is 62.6 Å². The van der Waals surface area contributed by atoms with Crippen LogP contribution in [0.2, 0.25) is 0 Å². The normalized spacial score (nSPS) is 16.3. The van der Waals surface area contributed by atoms with Crippen molar-refractivity contribution in [3.63, 3.8) is 0 Å². The molecule has 0 saturated heterocycles. The second-order valence-corrected chi connectivity index (χ2v) is 6.92. The van der Waals surface area contributed by atoms with Gasteiger partial charge in [0.2, 0.25) is 0 Å². The first kappa shape index (κ1) is 14.1. The molecule has 1 aliphatic heterocycles. The predicted molar refractivity (Wildman–Crippen MR) is 84.9 cm³/mol. The van der Waals surface area contributed by atoms with Crippen LogP contribution in [0.4, 0.5) is 11.5 Å². The summed E-state index contributed by atoms with van der Waals surface area (Å²) in [4.78, 5) is 7.24. The minimum absolute atomic E-state index is 0.129. The maximum Gasteiger partial charge on any atom is 0.287 e. The molecule has 0 amide bonds. The Morgan fingerprint density at radius 2 is 1.86 bits per heavy atom. The van der Waals surface area contributed by atoms with Gasteiger partial charge in [-0.05, 0) is 49.6 Å². The first-order chi connectivity index (χ1) is 10.0. The van der Waals surface area contributed by atoms with E-state index in [1.54, 1.807) is 35.8 Å². The Balaban J connectivity index is 2.18. The SMILES string of the molecule is CSc1ccc(N2C(C)=NS(=O)(=O)c3cccnc32)cc1. The fraction of sp³-hybridized carbons (Fsp3) is 0.143. The number of benzene rings is 1. The number of hydrogen-bond acceptors (Lipinski definition) is 5. The molecule has 0 unspecified atom stereocenters. The number of sulfonamides is 1. The van der Waals surface area contributed by atoms with Gasteiger partial charge in [-0.1, -0.05) is 0 Å². The van der Waals surface area contributed by atoms with Crippen molar-refractivity contribution in [1.82, 2.24) is 4.98 Å². The number of amidine groups is 1. The molecule has 1 aliphatic rings. The number of fused-ring (bicyclic) bond motifs is 1. The average molecular weight is 319 g/mol. The number of anilines is 2. The fourth-order valence-electron chi connectivity index (χ4n) is 2.21. The summed E-state index contributed by atoms with van der Waals surface area (Å²) < 4.78 is 28.0. The maximum atomic E-state index is 12.1. The molecule has 0 saturated carbocycles. The van der Waals surface area contributed by atoms with E-state index in [9.17, 15) is 8.42 Å². The van der Waals surface area contributed by atoms with E-state index in [4.69, 9.17) is 0 Å². The van der Waals surface area contributed by atoms with Gasteiger partial charge >= 0.3 is 0 Å². The number of aromatic nitrogens is 1. The lowest BCUT2D eigenvalue weighted by Crippen LogP contribution is -2.30. The summed E-state index contributed by atoms with van der Waals surface area (Å²) in [5.41, 5.74) is 0.837. The van der Waals surface area contributed by atoms with Crippen molar-refractivity contribution in [2.45, 2.75) is 16.7 Å². The van der Waals surface area contributed by atoms with Gasteiger partial charge in [0.25, 0.3) is 10.0 Å². The molecule has 0 bridgehead atoms. The summed E-state index contributed by atoms with van der Waals surface area (Å²) in [6, 6.07) is 11.0. The number of rotatable bonds is 2. The van der Waals surface area contributed by atoms with Crippen molar-refractivity contribution in [3.8, 4) is 0 Å². The summed E-state index contributed by atoms with van der Waals surface area (Å²) in [6.07, 6.45) is 3.59. The molecular formula is C14H13N3O2S2. The van der Waals surface area contributed by atoms with Crippen LogP contribution in [0.15, 0.2) is 56.8 Å². The minimum Gasteiger partial charge on any atom is -0.281 e. The summed E-state index contributed by atoms with van der Waals surface area (Å²) in [7, 11) is -3.67. The highest BCUT2D eigenvalue weighted by atomic mass is 32.2. The quantitative estimate of drug-likeness (QED) is 0.796. The van der Waals surface area contributed by atoms with E-state index < -0.39 is 10.0 Å². The number of nitrogens with zero attached hydrogens (tertiary/aromatic N) is 3. The highest BCUT2D eigenvalue weighted by molar-refractivity contribution is 7.98. The lowest BCUT2D eigenvalue weighted by molar-refractivity contribution is 0.597. The van der Waals surface area contributed by atoms with Gasteiger partial charge in [0.15, 0.2) is 5.82 Å². The first-order valence-corrected chi connectivity index (χ1v) is 8.90. The molecule has 1 aromatic carbocycles. The van der Waals surface area contributed by atoms with Crippen LogP contribution in [-0.2, 0) is 10.0 Å². The Morgan fingerprint density at radius 3 is 2.52 bits per heavy atom. The third kappa shape index (κ3) is 2.43. The number of hydrogen-bond donors (Lipinski definition) is 0. The molecule has 2 aromatic rings. The highest BCUT2D eigenvalue weighted by Gasteiger charge is 2.30. The molecule has 1 aromatic heterocycles. The van der Waals surface area contributed by atoms with Gasteiger partial charge in [-0.3, -0.25) is 4.90 Å². The molecule has 0 aliphatic carbocycles. The van der Waals surface area contributed by atoms with Crippen LogP contribution < -0.4 is 4.90 Å². The lowest BCUT2D eigenvalue weighted by atomic mass is 10.2. The average Bonchev–Trinajstić information content (AvgIpc) is 2.47. The summed E-state index contributed by atoms with van der Waals surface area (Å²) in [5.74, 6) is 0.778. The smallest absolute Gasteiger partial charge is 0.281 e. The molecule has 3 rings (SSSR count). The minimum atomic E-state index is -3.67. The Bertz CT molecular complexity index is 814. The molecule has 0 radical (unpaired) electrons. The van der Waals surface area contributed by atoms with Crippen LogP contribution in [0.5, 0.6) is 0 Å². The van der Waals surface area contributed by atoms with E-state index in [2.05, 4.69) is 9.38 Å². The number of pyridine rings is 1. The summed E-state index contributed by atoms with van der Waals surface area (Å²) >= 11 is 1.65. The van der Waals surface area contributed by atoms with Gasteiger partial charge in [0.1, 0.15) is 10.7 Å². The molecule has 21 heavy (non-hydrogen) atoms. The predicted octanol–water partition coefficient (Wildman–Crippen LogP) is 3.06. The molecule has 108 valence electrons. The van der Waals surface area contributed by atoms with Gasteiger partial charge in [0, 0.05) is 16.8 Å². The van der Waals surface area contributed by atoms with Crippen LogP contribution >= 0.6 is 11.8 Å². The third-order valence-electron chi connectivity index (χ3n) is 3.15. The van der Waals surface area contributed by atoms with Gasteiger partial charge in [-0.15, -0.1) is 16.2 Å². The van der Waals surface area contributed by atoms with Crippen molar-refractivity contribution in [1.29, 1.82) is 0 Å². The van der Waals surface area contributed by atoms with Crippen LogP contribution in [0.25, 0.3) is 0 Å². The number of thioether (sulfide) groups is 1. The van der Waals surface area contributed by atoms with Crippen LogP contribution in [0.1, 0.15) is 6.92 Å². The third-order valence-corrected chi connectivity index (χ3v) is 5.27. The van der Waals surface area contributed by atoms with Gasteiger partial charge in [0.05, 0.1) is 0 Å². The first-order valence-electron chi connectivity index (χ1n) is 6.24. The summed E-state index contributed by atoms with van der Waals surface area (Å²) in [5, 5.41) is 0. The van der Waals surface area contributed by atoms with Crippen molar-refractivity contribution in [2.75, 3.05) is 11.2 Å². The molecular weight excluding hydrogens is 306 g/mol. The fourth-order valence-corrected chi connectivity index (χ4v) is 3.77. The van der Waals surface area contributed by atoms with Gasteiger partial charge in [-0.2, -0.15) is 8.42 Å². The van der Waals surface area contributed by atoms with E-state index >= 15 is 0 Å². The zero-order chi connectivity index (χ0) is 15.0. The van der Waals surface area contributed by atoms with Crippen molar-refractivity contribution in [3.05, 3.63) is 42.6 Å². The molecule has 0 spiro atoms. The Morgan fingerprint density at radius 1 is 1.14 bits per heavy atom. The highest BCUT2D eigenvalue weighted by Crippen LogP contribution is 2.35. The van der Waals surface area contributed by atoms with E-state index in [1.807, 2.05) is 30.5 Å². The van der Waals surface area contributed by atoms with Gasteiger partial charge in [-0.25, -0.2) is 4.98 Å². The van der Waals surface area contributed by atoms with Crippen LogP contribution in [0.3, 0.4) is 0 Å². The maximum absolute atomic E-state index is 12.1.